The van der Waals surface area contributed by atoms with Gasteiger partial charge in [-0.25, -0.2) is 9.79 Å². The molecule has 0 bridgehead atoms. The average Bonchev–Trinajstić information content (AvgIpc) is 3.23. The number of esters is 1. The monoisotopic (exact) mass is 483 g/mol. The molecule has 0 amide bonds. The van der Waals surface area contributed by atoms with Gasteiger partial charge in [-0.05, 0) is 71.3 Å². The van der Waals surface area contributed by atoms with Crippen LogP contribution in [0, 0.1) is 0 Å². The predicted molar refractivity (Wildman–Crippen MR) is 138 cm³/mol. The Balaban J connectivity index is 1.39. The fourth-order valence-electron chi connectivity index (χ4n) is 3.80. The summed E-state index contributed by atoms with van der Waals surface area (Å²) < 4.78 is 17.2. The maximum absolute atomic E-state index is 12.5. The Labute approximate surface area is 208 Å². The third-order valence-electron chi connectivity index (χ3n) is 5.47. The second kappa shape index (κ2) is 10.0. The van der Waals surface area contributed by atoms with Gasteiger partial charge < -0.3 is 14.2 Å². The molecule has 0 N–H and O–H groups in total. The first-order valence-corrected chi connectivity index (χ1v) is 11.6. The number of cyclic esters (lactones) is 1. The number of halogens is 1. The lowest BCUT2D eigenvalue weighted by molar-refractivity contribution is -0.129. The van der Waals surface area contributed by atoms with E-state index in [2.05, 4.69) is 4.99 Å². The van der Waals surface area contributed by atoms with E-state index in [9.17, 15) is 4.79 Å². The maximum Gasteiger partial charge on any atom is 0.363 e. The summed E-state index contributed by atoms with van der Waals surface area (Å²) in [7, 11) is 0. The minimum atomic E-state index is -0.493. The van der Waals surface area contributed by atoms with Crippen LogP contribution in [0.2, 0.25) is 5.02 Å². The number of fused-ring (bicyclic) bond motifs is 1. The van der Waals surface area contributed by atoms with Crippen molar-refractivity contribution in [2.24, 2.45) is 4.99 Å². The highest BCUT2D eigenvalue weighted by Crippen LogP contribution is 2.31. The van der Waals surface area contributed by atoms with E-state index in [-0.39, 0.29) is 5.70 Å². The van der Waals surface area contributed by atoms with Gasteiger partial charge in [0, 0.05) is 10.6 Å². The van der Waals surface area contributed by atoms with E-state index in [0.717, 1.165) is 27.5 Å². The molecule has 0 fully saturated rings. The van der Waals surface area contributed by atoms with Crippen LogP contribution in [0.3, 0.4) is 0 Å². The summed E-state index contributed by atoms with van der Waals surface area (Å²) in [5.41, 5.74) is 2.68. The van der Waals surface area contributed by atoms with Gasteiger partial charge in [-0.1, -0.05) is 60.1 Å². The zero-order valence-electron chi connectivity index (χ0n) is 19.0. The fraction of sp³-hybridized carbons (Fsp3) is 0.103. The molecular weight excluding hydrogens is 462 g/mol. The smallest absolute Gasteiger partial charge is 0.363 e. The summed E-state index contributed by atoms with van der Waals surface area (Å²) in [5.74, 6) is 0.975. The first-order chi connectivity index (χ1) is 17.1. The molecule has 1 aliphatic rings. The lowest BCUT2D eigenvalue weighted by Crippen LogP contribution is -2.05. The SMILES string of the molecule is CCOc1cc(/C=C2\N=C(c3ccc4ccccc4c3)OC2=O)ccc1OCc1cccc(Cl)c1. The molecule has 4 aromatic rings. The van der Waals surface area contributed by atoms with Gasteiger partial charge in [0.2, 0.25) is 5.90 Å². The average molecular weight is 484 g/mol. The van der Waals surface area contributed by atoms with Gasteiger partial charge in [-0.15, -0.1) is 0 Å². The van der Waals surface area contributed by atoms with Gasteiger partial charge in [-0.3, -0.25) is 0 Å². The summed E-state index contributed by atoms with van der Waals surface area (Å²) in [5, 5.41) is 2.82. The third kappa shape index (κ3) is 5.20. The molecule has 35 heavy (non-hydrogen) atoms. The normalized spacial score (nSPS) is 14.2. The Hall–Kier alpha value is -4.09. The number of carbonyl (C=O) groups is 1. The molecule has 0 atom stereocenters. The van der Waals surface area contributed by atoms with Gasteiger partial charge in [0.1, 0.15) is 6.61 Å². The number of carbonyl (C=O) groups excluding carboxylic acids is 1. The Kier molecular flexibility index (Phi) is 6.51. The van der Waals surface area contributed by atoms with Gasteiger partial charge in [0.05, 0.1) is 6.61 Å². The Bertz CT molecular complexity index is 1470. The largest absolute Gasteiger partial charge is 0.490 e. The summed E-state index contributed by atoms with van der Waals surface area (Å²) >= 11 is 6.06. The van der Waals surface area contributed by atoms with Crippen molar-refractivity contribution in [3.8, 4) is 11.5 Å². The second-order valence-corrected chi connectivity index (χ2v) is 8.39. The lowest BCUT2D eigenvalue weighted by atomic mass is 10.1. The summed E-state index contributed by atoms with van der Waals surface area (Å²) in [4.78, 5) is 17.0. The molecule has 4 aromatic carbocycles. The molecule has 1 aliphatic heterocycles. The molecule has 6 heteroatoms. The number of benzene rings is 4. The van der Waals surface area contributed by atoms with Crippen LogP contribution < -0.4 is 9.47 Å². The summed E-state index contributed by atoms with van der Waals surface area (Å²) in [6.45, 7) is 2.73. The minimum Gasteiger partial charge on any atom is -0.490 e. The summed E-state index contributed by atoms with van der Waals surface area (Å²) in [6.07, 6.45) is 1.68. The third-order valence-corrected chi connectivity index (χ3v) is 5.71. The highest BCUT2D eigenvalue weighted by Gasteiger charge is 2.24. The van der Waals surface area contributed by atoms with E-state index >= 15 is 0 Å². The molecule has 0 spiro atoms. The van der Waals surface area contributed by atoms with Crippen molar-refractivity contribution in [3.05, 3.63) is 112 Å². The Morgan fingerprint density at radius 1 is 0.886 bits per heavy atom. The van der Waals surface area contributed by atoms with Crippen molar-refractivity contribution < 1.29 is 19.0 Å². The molecule has 0 aliphatic carbocycles. The van der Waals surface area contributed by atoms with Gasteiger partial charge in [0.15, 0.2) is 17.2 Å². The van der Waals surface area contributed by atoms with Crippen LogP contribution in [0.15, 0.2) is 95.6 Å². The van der Waals surface area contributed by atoms with Gasteiger partial charge in [0.25, 0.3) is 0 Å². The molecule has 5 nitrogen and oxygen atoms in total. The highest BCUT2D eigenvalue weighted by atomic mass is 35.5. The standard InChI is InChI=1S/C29H22ClNO4/c1-2-33-27-16-19(10-13-26(27)34-18-20-6-5-9-24(30)14-20)15-25-29(32)35-28(31-25)23-12-11-21-7-3-4-8-22(21)17-23/h3-17H,2,18H2,1H3/b25-15-. The fourth-order valence-corrected chi connectivity index (χ4v) is 4.02. The van der Waals surface area contributed by atoms with Crippen molar-refractivity contribution >= 4 is 40.3 Å². The van der Waals surface area contributed by atoms with Gasteiger partial charge >= 0.3 is 5.97 Å². The lowest BCUT2D eigenvalue weighted by Gasteiger charge is -2.13. The number of nitrogens with zero attached hydrogens (tertiary/aromatic N) is 1. The molecule has 0 aromatic heterocycles. The minimum absolute atomic E-state index is 0.225. The second-order valence-electron chi connectivity index (χ2n) is 7.96. The van der Waals surface area contributed by atoms with Crippen LogP contribution >= 0.6 is 11.6 Å². The molecular formula is C29H22ClNO4. The van der Waals surface area contributed by atoms with Crippen molar-refractivity contribution in [2.45, 2.75) is 13.5 Å². The number of rotatable bonds is 7. The van der Waals surface area contributed by atoms with Crippen molar-refractivity contribution in [1.82, 2.24) is 0 Å². The number of ether oxygens (including phenoxy) is 3. The predicted octanol–water partition coefficient (Wildman–Crippen LogP) is 6.82. The molecule has 0 unspecified atom stereocenters. The molecule has 174 valence electrons. The number of aliphatic imine (C=N–C) groups is 1. The highest BCUT2D eigenvalue weighted by molar-refractivity contribution is 6.30. The van der Waals surface area contributed by atoms with E-state index in [1.54, 1.807) is 6.08 Å². The van der Waals surface area contributed by atoms with Crippen molar-refractivity contribution in [3.63, 3.8) is 0 Å². The van der Waals surface area contributed by atoms with E-state index in [1.165, 1.54) is 0 Å². The van der Waals surface area contributed by atoms with Crippen LogP contribution in [-0.2, 0) is 16.1 Å². The Morgan fingerprint density at radius 2 is 1.74 bits per heavy atom. The number of hydrogen-bond acceptors (Lipinski definition) is 5. The van der Waals surface area contributed by atoms with Gasteiger partial charge in [-0.2, -0.15) is 0 Å². The quantitative estimate of drug-likeness (QED) is 0.214. The van der Waals surface area contributed by atoms with E-state index in [1.807, 2.05) is 91.9 Å². The van der Waals surface area contributed by atoms with E-state index < -0.39 is 5.97 Å². The summed E-state index contributed by atoms with van der Waals surface area (Å²) in [6, 6.07) is 26.8. The maximum atomic E-state index is 12.5. The molecule has 5 rings (SSSR count). The zero-order valence-corrected chi connectivity index (χ0v) is 19.8. The molecule has 1 heterocycles. The van der Waals surface area contributed by atoms with Crippen molar-refractivity contribution in [2.75, 3.05) is 6.61 Å². The first kappa shape index (κ1) is 22.7. The molecule has 0 radical (unpaired) electrons. The van der Waals surface area contributed by atoms with Crippen LogP contribution in [0.5, 0.6) is 11.5 Å². The van der Waals surface area contributed by atoms with Crippen LogP contribution in [0.4, 0.5) is 0 Å². The van der Waals surface area contributed by atoms with E-state index in [0.29, 0.717) is 35.6 Å². The topological polar surface area (TPSA) is 57.1 Å². The van der Waals surface area contributed by atoms with Crippen LogP contribution in [0.1, 0.15) is 23.6 Å². The molecule has 0 saturated heterocycles. The Morgan fingerprint density at radius 3 is 2.57 bits per heavy atom. The number of hydrogen-bond donors (Lipinski definition) is 0. The van der Waals surface area contributed by atoms with Crippen LogP contribution in [-0.4, -0.2) is 18.5 Å². The van der Waals surface area contributed by atoms with Crippen LogP contribution in [0.25, 0.3) is 16.8 Å². The van der Waals surface area contributed by atoms with E-state index in [4.69, 9.17) is 25.8 Å². The molecule has 0 saturated carbocycles. The van der Waals surface area contributed by atoms with Crippen molar-refractivity contribution in [1.29, 1.82) is 0 Å². The first-order valence-electron chi connectivity index (χ1n) is 11.2. The zero-order chi connectivity index (χ0) is 24.2.